The summed E-state index contributed by atoms with van der Waals surface area (Å²) in [4.78, 5) is 14.4. The van der Waals surface area contributed by atoms with Gasteiger partial charge in [0.1, 0.15) is 0 Å². The van der Waals surface area contributed by atoms with E-state index in [0.717, 1.165) is 16.8 Å². The number of thiazole rings is 1. The third-order valence-electron chi connectivity index (χ3n) is 2.47. The van der Waals surface area contributed by atoms with Gasteiger partial charge in [-0.15, -0.1) is 11.3 Å². The second-order valence-electron chi connectivity index (χ2n) is 5.21. The highest BCUT2D eigenvalue weighted by Crippen LogP contribution is 2.21. The molecule has 0 aliphatic rings. The van der Waals surface area contributed by atoms with E-state index in [1.54, 1.807) is 0 Å². The van der Waals surface area contributed by atoms with Crippen LogP contribution in [-0.2, 0) is 10.0 Å². The van der Waals surface area contributed by atoms with Crippen molar-refractivity contribution in [1.82, 2.24) is 9.71 Å². The lowest BCUT2D eigenvalue weighted by Crippen LogP contribution is -2.41. The lowest BCUT2D eigenvalue weighted by Gasteiger charge is -2.25. The Morgan fingerprint density at radius 2 is 2.15 bits per heavy atom. The summed E-state index contributed by atoms with van der Waals surface area (Å²) in [6, 6.07) is 0. The zero-order valence-corrected chi connectivity index (χ0v) is 13.1. The van der Waals surface area contributed by atoms with Crippen molar-refractivity contribution in [1.29, 1.82) is 0 Å². The largest absolute Gasteiger partial charge is 0.476 e. The number of hydrogen-bond acceptors (Lipinski definition) is 6. The Kier molecular flexibility index (Phi) is 5.25. The van der Waals surface area contributed by atoms with E-state index < -0.39 is 27.3 Å². The van der Waals surface area contributed by atoms with E-state index in [9.17, 15) is 18.3 Å². The Labute approximate surface area is 121 Å². The Bertz CT molecular complexity index is 577. The van der Waals surface area contributed by atoms with Gasteiger partial charge < -0.3 is 10.2 Å². The molecule has 0 aliphatic heterocycles. The smallest absolute Gasteiger partial charge is 0.356 e. The predicted molar refractivity (Wildman–Crippen MR) is 74.3 cm³/mol. The second-order valence-corrected chi connectivity index (χ2v) is 8.03. The number of aromatic nitrogens is 1. The summed E-state index contributed by atoms with van der Waals surface area (Å²) < 4.78 is 25.9. The predicted octanol–water partition coefficient (Wildman–Crippen LogP) is 0.917. The van der Waals surface area contributed by atoms with Crippen LogP contribution >= 0.6 is 11.3 Å². The fourth-order valence-corrected chi connectivity index (χ4v) is 4.18. The van der Waals surface area contributed by atoms with Gasteiger partial charge >= 0.3 is 5.97 Å². The molecule has 0 saturated heterocycles. The molecule has 1 aromatic heterocycles. The van der Waals surface area contributed by atoms with E-state index in [-0.39, 0.29) is 16.7 Å². The quantitative estimate of drug-likeness (QED) is 0.687. The van der Waals surface area contributed by atoms with Gasteiger partial charge in [0.05, 0.1) is 11.1 Å². The van der Waals surface area contributed by atoms with Crippen molar-refractivity contribution in [3.63, 3.8) is 0 Å². The molecule has 1 rings (SSSR count). The van der Waals surface area contributed by atoms with Crippen molar-refractivity contribution >= 4 is 27.3 Å². The first-order chi connectivity index (χ1) is 9.05. The molecule has 0 aliphatic carbocycles. The molecular formula is C11H18N2O5S2. The van der Waals surface area contributed by atoms with E-state index in [4.69, 9.17) is 5.11 Å². The standard InChI is InChI=1S/C11H18N2O5S2/c1-7(2)4-11(3,16)5-13-20(17,18)10-8(9(14)15)12-6-19-10/h6-7,13,16H,4-5H2,1-3H3,(H,14,15). The maximum absolute atomic E-state index is 12.0. The van der Waals surface area contributed by atoms with Crippen molar-refractivity contribution in [2.75, 3.05) is 6.54 Å². The first-order valence-corrected chi connectivity index (χ1v) is 8.30. The van der Waals surface area contributed by atoms with Crippen molar-refractivity contribution in [3.05, 3.63) is 11.2 Å². The van der Waals surface area contributed by atoms with E-state index in [1.807, 2.05) is 13.8 Å². The van der Waals surface area contributed by atoms with Crippen molar-refractivity contribution in [2.45, 2.75) is 37.0 Å². The molecule has 1 heterocycles. The molecule has 3 N–H and O–H groups in total. The Hall–Kier alpha value is -1.03. The number of sulfonamides is 1. The maximum Gasteiger partial charge on any atom is 0.356 e. The number of nitrogens with zero attached hydrogens (tertiary/aromatic N) is 1. The number of aromatic carboxylic acids is 1. The number of rotatable bonds is 7. The molecule has 0 bridgehead atoms. The third kappa shape index (κ3) is 4.51. The third-order valence-corrected chi connectivity index (χ3v) is 5.24. The van der Waals surface area contributed by atoms with Gasteiger partial charge in [-0.1, -0.05) is 13.8 Å². The first-order valence-electron chi connectivity index (χ1n) is 5.94. The molecule has 20 heavy (non-hydrogen) atoms. The summed E-state index contributed by atoms with van der Waals surface area (Å²) in [6.07, 6.45) is 0.421. The first kappa shape index (κ1) is 17.0. The maximum atomic E-state index is 12.0. The average molecular weight is 322 g/mol. The minimum atomic E-state index is -4.00. The van der Waals surface area contributed by atoms with Crippen LogP contribution in [0.1, 0.15) is 37.7 Å². The van der Waals surface area contributed by atoms with Crippen LogP contribution in [0, 0.1) is 5.92 Å². The Morgan fingerprint density at radius 3 is 2.65 bits per heavy atom. The fourth-order valence-electron chi connectivity index (χ4n) is 1.84. The van der Waals surface area contributed by atoms with Crippen LogP contribution in [0.15, 0.2) is 9.72 Å². The van der Waals surface area contributed by atoms with Crippen LogP contribution in [-0.4, -0.2) is 41.7 Å². The van der Waals surface area contributed by atoms with E-state index in [2.05, 4.69) is 9.71 Å². The van der Waals surface area contributed by atoms with Gasteiger partial charge in [-0.2, -0.15) is 0 Å². The number of aliphatic hydroxyl groups is 1. The normalized spacial score (nSPS) is 15.2. The average Bonchev–Trinajstić information content (AvgIpc) is 2.74. The number of carbonyl (C=O) groups is 1. The van der Waals surface area contributed by atoms with Gasteiger partial charge in [-0.3, -0.25) is 0 Å². The van der Waals surface area contributed by atoms with Crippen LogP contribution in [0.2, 0.25) is 0 Å². The minimum absolute atomic E-state index is 0.190. The highest BCUT2D eigenvalue weighted by atomic mass is 32.2. The van der Waals surface area contributed by atoms with Crippen molar-refractivity contribution < 1.29 is 23.4 Å². The van der Waals surface area contributed by atoms with Crippen LogP contribution in [0.25, 0.3) is 0 Å². The molecule has 0 amide bonds. The Balaban J connectivity index is 2.86. The van der Waals surface area contributed by atoms with E-state index >= 15 is 0 Å². The summed E-state index contributed by atoms with van der Waals surface area (Å²) >= 11 is 0.725. The van der Waals surface area contributed by atoms with E-state index in [0.29, 0.717) is 6.42 Å². The second kappa shape index (κ2) is 6.17. The fraction of sp³-hybridized carbons (Fsp3) is 0.636. The zero-order valence-electron chi connectivity index (χ0n) is 11.5. The van der Waals surface area contributed by atoms with Crippen LogP contribution in [0.4, 0.5) is 0 Å². The number of hydrogen-bond donors (Lipinski definition) is 3. The number of nitrogens with one attached hydrogen (secondary N) is 1. The molecule has 114 valence electrons. The summed E-state index contributed by atoms with van der Waals surface area (Å²) in [6.45, 7) is 5.16. The SMILES string of the molecule is CC(C)CC(C)(O)CNS(=O)(=O)c1scnc1C(=O)O. The molecule has 0 fully saturated rings. The monoisotopic (exact) mass is 322 g/mol. The lowest BCUT2D eigenvalue weighted by molar-refractivity contribution is 0.0437. The topological polar surface area (TPSA) is 117 Å². The summed E-state index contributed by atoms with van der Waals surface area (Å²) in [5.74, 6) is -1.20. The van der Waals surface area contributed by atoms with Crippen molar-refractivity contribution in [3.8, 4) is 0 Å². The summed E-state index contributed by atoms with van der Waals surface area (Å²) in [7, 11) is -4.00. The van der Waals surface area contributed by atoms with Crippen molar-refractivity contribution in [2.24, 2.45) is 5.92 Å². The van der Waals surface area contributed by atoms with E-state index in [1.165, 1.54) is 6.92 Å². The number of carboxylic acid groups (broad SMARTS) is 1. The molecule has 1 unspecified atom stereocenters. The molecule has 1 aromatic rings. The van der Waals surface area contributed by atoms with Gasteiger partial charge in [0, 0.05) is 6.54 Å². The van der Waals surface area contributed by atoms with Gasteiger partial charge in [0.2, 0.25) is 0 Å². The molecular weight excluding hydrogens is 304 g/mol. The van der Waals surface area contributed by atoms with Crippen LogP contribution < -0.4 is 4.72 Å². The zero-order chi connectivity index (χ0) is 15.6. The molecule has 0 aromatic carbocycles. The molecule has 0 radical (unpaired) electrons. The highest BCUT2D eigenvalue weighted by Gasteiger charge is 2.29. The molecule has 0 saturated carbocycles. The van der Waals surface area contributed by atoms with Gasteiger partial charge in [0.15, 0.2) is 9.90 Å². The Morgan fingerprint density at radius 1 is 1.55 bits per heavy atom. The molecule has 0 spiro atoms. The summed E-state index contributed by atoms with van der Waals surface area (Å²) in [5, 5.41) is 18.9. The van der Waals surface area contributed by atoms with Crippen LogP contribution in [0.5, 0.6) is 0 Å². The summed E-state index contributed by atoms with van der Waals surface area (Å²) in [5.41, 5.74) is -0.550. The minimum Gasteiger partial charge on any atom is -0.476 e. The van der Waals surface area contributed by atoms with Gasteiger partial charge in [-0.25, -0.2) is 22.9 Å². The van der Waals surface area contributed by atoms with Gasteiger partial charge in [0.25, 0.3) is 10.0 Å². The molecule has 1 atom stereocenters. The van der Waals surface area contributed by atoms with Crippen LogP contribution in [0.3, 0.4) is 0 Å². The lowest BCUT2D eigenvalue weighted by atomic mass is 9.95. The molecule has 7 nitrogen and oxygen atoms in total. The molecule has 9 heteroatoms. The number of carboxylic acids is 1. The van der Waals surface area contributed by atoms with Gasteiger partial charge in [-0.05, 0) is 19.3 Å². The highest BCUT2D eigenvalue weighted by molar-refractivity contribution is 7.91.